The van der Waals surface area contributed by atoms with Gasteiger partial charge < -0.3 is 0 Å². The van der Waals surface area contributed by atoms with Crippen LogP contribution in [-0.4, -0.2) is 31.6 Å². The van der Waals surface area contributed by atoms with Crippen LogP contribution >= 0.6 is 0 Å². The summed E-state index contributed by atoms with van der Waals surface area (Å²) < 4.78 is 14.7. The van der Waals surface area contributed by atoms with E-state index in [9.17, 15) is 4.79 Å². The maximum absolute atomic E-state index is 12.1. The van der Waals surface area contributed by atoms with Crippen molar-refractivity contribution >= 4 is 24.5 Å². The Morgan fingerprint density at radius 1 is 0.920 bits per heavy atom. The van der Waals surface area contributed by atoms with E-state index >= 15 is 0 Å². The first kappa shape index (κ1) is 22.3. The third-order valence-corrected chi connectivity index (χ3v) is 21.1. The predicted octanol–water partition coefficient (Wildman–Crippen LogP) is 6.90. The average molecular weight is 455 g/mol. The molecule has 0 heterocycles. The Morgan fingerprint density at radius 3 is 1.80 bits per heavy atom. The molecule has 0 aromatic heterocycles. The molecule has 1 unspecified atom stereocenters. The zero-order valence-corrected chi connectivity index (χ0v) is 19.4. The van der Waals surface area contributed by atoms with Crippen LogP contribution in [0.15, 0.2) is 30.3 Å². The molecule has 25 heavy (non-hydrogen) atoms. The van der Waals surface area contributed by atoms with Crippen molar-refractivity contribution in [2.45, 2.75) is 76.7 Å². The molecule has 0 amide bonds. The minimum atomic E-state index is -2.76. The molecule has 1 rings (SSSR count). The molecule has 0 N–H and O–H groups in total. The first-order valence-electron chi connectivity index (χ1n) is 9.93. The van der Waals surface area contributed by atoms with Crippen molar-refractivity contribution in [2.75, 3.05) is 7.11 Å². The van der Waals surface area contributed by atoms with Crippen LogP contribution in [0.2, 0.25) is 13.3 Å². The molecule has 3 nitrogen and oxygen atoms in total. The van der Waals surface area contributed by atoms with Crippen LogP contribution in [0.5, 0.6) is 0 Å². The number of benzene rings is 1. The van der Waals surface area contributed by atoms with Crippen LogP contribution in [0.1, 0.15) is 69.0 Å². The molecule has 1 atom stereocenters. The quantitative estimate of drug-likeness (QED) is 0.254. The van der Waals surface area contributed by atoms with Crippen molar-refractivity contribution < 1.29 is 14.3 Å². The van der Waals surface area contributed by atoms with Crippen molar-refractivity contribution in [3.8, 4) is 0 Å². The van der Waals surface area contributed by atoms with Gasteiger partial charge in [-0.15, -0.1) is 0 Å². The second-order valence-electron chi connectivity index (χ2n) is 7.04. The van der Waals surface area contributed by atoms with Crippen molar-refractivity contribution in [1.82, 2.24) is 0 Å². The summed E-state index contributed by atoms with van der Waals surface area (Å²) in [5.41, 5.74) is 1.17. The van der Waals surface area contributed by atoms with E-state index in [0.717, 1.165) is 0 Å². The van der Waals surface area contributed by atoms with Crippen molar-refractivity contribution in [2.24, 2.45) is 0 Å². The third-order valence-electron chi connectivity index (χ3n) is 5.12. The predicted molar refractivity (Wildman–Crippen MR) is 108 cm³/mol. The van der Waals surface area contributed by atoms with Gasteiger partial charge in [-0.05, 0) is 0 Å². The van der Waals surface area contributed by atoms with E-state index in [4.69, 9.17) is 9.47 Å². The topological polar surface area (TPSA) is 35.5 Å². The Balaban J connectivity index is 3.27. The van der Waals surface area contributed by atoms with Gasteiger partial charge in [0.15, 0.2) is 0 Å². The van der Waals surface area contributed by atoms with Gasteiger partial charge in [-0.25, -0.2) is 0 Å². The molecule has 1 aromatic rings. The molecule has 4 heteroatoms. The van der Waals surface area contributed by atoms with E-state index in [-0.39, 0.29) is 4.12 Å². The third kappa shape index (κ3) is 7.20. The van der Waals surface area contributed by atoms with Crippen LogP contribution < -0.4 is 0 Å². The van der Waals surface area contributed by atoms with E-state index in [1.165, 1.54) is 64.5 Å². The van der Waals surface area contributed by atoms with Gasteiger partial charge in [-0.1, -0.05) is 0 Å². The van der Waals surface area contributed by atoms with Crippen LogP contribution in [0.4, 0.5) is 4.79 Å². The summed E-state index contributed by atoms with van der Waals surface area (Å²) in [6, 6.07) is 10.4. The molecule has 0 saturated carbocycles. The van der Waals surface area contributed by atoms with Gasteiger partial charge in [0, 0.05) is 0 Å². The first-order valence-corrected chi connectivity index (χ1v) is 17.6. The Bertz CT molecular complexity index is 454. The molecule has 0 bridgehead atoms. The van der Waals surface area contributed by atoms with Crippen molar-refractivity contribution in [3.05, 3.63) is 35.9 Å². The van der Waals surface area contributed by atoms with E-state index in [1.807, 2.05) is 6.07 Å². The summed E-state index contributed by atoms with van der Waals surface area (Å²) in [4.78, 5) is 12.1. The molecule has 0 fully saturated rings. The van der Waals surface area contributed by atoms with E-state index in [2.05, 4.69) is 45.0 Å². The maximum atomic E-state index is 12.1. The van der Waals surface area contributed by atoms with E-state index in [1.54, 1.807) is 0 Å². The van der Waals surface area contributed by atoms with Gasteiger partial charge in [0.2, 0.25) is 0 Å². The fourth-order valence-corrected chi connectivity index (χ4v) is 20.7. The Kier molecular flexibility index (Phi) is 11.3. The summed E-state index contributed by atoms with van der Waals surface area (Å²) in [6.07, 6.45) is 6.83. The van der Waals surface area contributed by atoms with Gasteiger partial charge in [0.1, 0.15) is 0 Å². The Labute approximate surface area is 158 Å². The number of hydrogen-bond acceptors (Lipinski definition) is 3. The normalized spacial score (nSPS) is 12.6. The monoisotopic (exact) mass is 456 g/mol. The molecule has 0 radical (unpaired) electrons. The summed E-state index contributed by atoms with van der Waals surface area (Å²) in [5, 5.41) is 0. The van der Waals surface area contributed by atoms with Gasteiger partial charge in [-0.3, -0.25) is 0 Å². The second kappa shape index (κ2) is 12.6. The van der Waals surface area contributed by atoms with Gasteiger partial charge in [0.05, 0.1) is 0 Å². The number of methoxy groups -OCH3 is 1. The van der Waals surface area contributed by atoms with Crippen molar-refractivity contribution in [1.29, 1.82) is 0 Å². The zero-order chi connectivity index (χ0) is 18.5. The number of carbonyl (C=O) groups excluding carboxylic acids is 1. The first-order chi connectivity index (χ1) is 12.1. The zero-order valence-electron chi connectivity index (χ0n) is 16.6. The molecular formula is C21H36O3Sn. The molecule has 0 aliphatic rings. The molecular weight excluding hydrogens is 419 g/mol. The summed E-state index contributed by atoms with van der Waals surface area (Å²) >= 11 is -2.76. The van der Waals surface area contributed by atoms with Gasteiger partial charge in [-0.2, -0.15) is 0 Å². The summed E-state index contributed by atoms with van der Waals surface area (Å²) in [5.74, 6) is 0. The molecule has 1 aromatic carbocycles. The fourth-order valence-electron chi connectivity index (χ4n) is 3.67. The molecule has 0 saturated heterocycles. The van der Waals surface area contributed by atoms with E-state index < -0.39 is 24.5 Å². The van der Waals surface area contributed by atoms with Crippen LogP contribution in [0.3, 0.4) is 0 Å². The number of rotatable bonds is 12. The van der Waals surface area contributed by atoms with Crippen LogP contribution in [0.25, 0.3) is 0 Å². The Morgan fingerprint density at radius 2 is 1.40 bits per heavy atom. The summed E-state index contributed by atoms with van der Waals surface area (Å²) in [7, 11) is 1.41. The number of ether oxygens (including phenoxy) is 2. The van der Waals surface area contributed by atoms with Crippen LogP contribution in [0, 0.1) is 0 Å². The standard InChI is InChI=1S/C9H9O3.3C4H9.Sn/c1-11-9(10)12-7-8-5-3-2-4-6-8;3*1-3-4-2;/h2-7H,1H3;3*1,3-4H2,2H3;. The number of unbranched alkanes of at least 4 members (excludes halogenated alkanes) is 3. The van der Waals surface area contributed by atoms with Gasteiger partial charge in [0.25, 0.3) is 0 Å². The summed E-state index contributed by atoms with van der Waals surface area (Å²) in [6.45, 7) is 6.78. The minimum absolute atomic E-state index is 0.0346. The SMILES string of the molecule is CCC[CH2][Sn]([CH2]CCC)([CH2]CCC)[CH](OC(=O)OC)c1ccccc1. The van der Waals surface area contributed by atoms with Gasteiger partial charge >= 0.3 is 159 Å². The van der Waals surface area contributed by atoms with Crippen LogP contribution in [-0.2, 0) is 9.47 Å². The molecule has 0 aliphatic carbocycles. The number of carbonyl (C=O) groups is 1. The molecule has 0 spiro atoms. The molecule has 142 valence electrons. The Hall–Kier alpha value is -0.711. The number of hydrogen-bond donors (Lipinski definition) is 0. The van der Waals surface area contributed by atoms with E-state index in [0.29, 0.717) is 0 Å². The fraction of sp³-hybridized carbons (Fsp3) is 0.667. The van der Waals surface area contributed by atoms with Crippen molar-refractivity contribution in [3.63, 3.8) is 0 Å². The molecule has 0 aliphatic heterocycles. The average Bonchev–Trinajstić information content (AvgIpc) is 2.66. The second-order valence-corrected chi connectivity index (χ2v) is 20.6.